The van der Waals surface area contributed by atoms with E-state index in [1.165, 1.54) is 30.3 Å². The maximum absolute atomic E-state index is 13.1. The lowest BCUT2D eigenvalue weighted by Crippen LogP contribution is -2.15. The Morgan fingerprint density at radius 2 is 1.81 bits per heavy atom. The molecule has 0 fully saturated rings. The van der Waals surface area contributed by atoms with E-state index < -0.39 is 11.7 Å². The normalized spacial score (nSPS) is 10.7. The molecule has 3 aromatic carbocycles. The summed E-state index contributed by atoms with van der Waals surface area (Å²) < 4.78 is 17.7. The molecule has 0 aliphatic rings. The highest BCUT2D eigenvalue weighted by atomic mass is 19.1. The van der Waals surface area contributed by atoms with E-state index in [0.717, 1.165) is 0 Å². The molecule has 0 saturated carbocycles. The van der Waals surface area contributed by atoms with Crippen LogP contribution in [0.15, 0.2) is 76.0 Å². The topological polar surface area (TPSA) is 157 Å². The Morgan fingerprint density at radius 3 is 2.54 bits per heavy atom. The van der Waals surface area contributed by atoms with Crippen LogP contribution in [0.5, 0.6) is 0 Å². The minimum absolute atomic E-state index is 0.0519. The molecular formula is C26H17FN6O4. The SMILES string of the molecule is N#Cc1ccc(NC(=O)c2cc3cccc(NC(=O)Cc4ccc(F)cc4)c3[nH]2)c(-c2noc(=O)[nH]2)c1. The highest BCUT2D eigenvalue weighted by Crippen LogP contribution is 2.28. The van der Waals surface area contributed by atoms with Crippen molar-refractivity contribution in [2.75, 3.05) is 10.6 Å². The Labute approximate surface area is 207 Å². The number of halogens is 1. The molecular weight excluding hydrogens is 479 g/mol. The van der Waals surface area contributed by atoms with Gasteiger partial charge in [0, 0.05) is 10.9 Å². The number of para-hydroxylation sites is 1. The summed E-state index contributed by atoms with van der Waals surface area (Å²) >= 11 is 0. The van der Waals surface area contributed by atoms with Crippen molar-refractivity contribution in [2.24, 2.45) is 0 Å². The Balaban J connectivity index is 1.39. The monoisotopic (exact) mass is 496 g/mol. The van der Waals surface area contributed by atoms with Crippen molar-refractivity contribution in [3.8, 4) is 17.5 Å². The standard InChI is InChI=1S/C26H17FN6O4/c27-17-7-4-14(5-8-17)11-22(34)29-20-3-1-2-16-12-21(30-23(16)20)25(35)31-19-9-6-15(13-28)10-18(19)24-32-26(36)37-33-24/h1-10,12,30H,11H2,(H,29,34)(H,31,35)(H,32,33,36). The number of hydrogen-bond acceptors (Lipinski definition) is 6. The quantitative estimate of drug-likeness (QED) is 0.279. The zero-order chi connectivity index (χ0) is 25.9. The maximum atomic E-state index is 13.1. The van der Waals surface area contributed by atoms with Crippen molar-refractivity contribution in [3.05, 3.63) is 99.9 Å². The summed E-state index contributed by atoms with van der Waals surface area (Å²) in [5, 5.41) is 19.1. The van der Waals surface area contributed by atoms with Crippen LogP contribution in [0.25, 0.3) is 22.3 Å². The van der Waals surface area contributed by atoms with Crippen molar-refractivity contribution < 1.29 is 18.5 Å². The van der Waals surface area contributed by atoms with Crippen molar-refractivity contribution in [1.82, 2.24) is 15.1 Å². The summed E-state index contributed by atoms with van der Waals surface area (Å²) in [6.45, 7) is 0. The van der Waals surface area contributed by atoms with Crippen LogP contribution in [0.3, 0.4) is 0 Å². The fraction of sp³-hybridized carbons (Fsp3) is 0.0385. The average Bonchev–Trinajstić information content (AvgIpc) is 3.53. The van der Waals surface area contributed by atoms with Crippen LogP contribution in [0.4, 0.5) is 15.8 Å². The maximum Gasteiger partial charge on any atom is 0.439 e. The van der Waals surface area contributed by atoms with Gasteiger partial charge < -0.3 is 15.6 Å². The van der Waals surface area contributed by atoms with Crippen LogP contribution in [0, 0.1) is 17.1 Å². The summed E-state index contributed by atoms with van der Waals surface area (Å²) in [4.78, 5) is 42.5. The number of benzene rings is 3. The lowest BCUT2D eigenvalue weighted by atomic mass is 10.1. The lowest BCUT2D eigenvalue weighted by molar-refractivity contribution is -0.115. The van der Waals surface area contributed by atoms with Crippen LogP contribution in [-0.4, -0.2) is 26.9 Å². The number of aromatic nitrogens is 3. The molecule has 0 spiro atoms. The van der Waals surface area contributed by atoms with E-state index in [9.17, 15) is 24.0 Å². The van der Waals surface area contributed by atoms with E-state index in [4.69, 9.17) is 0 Å². The number of nitrogens with one attached hydrogen (secondary N) is 4. The molecule has 182 valence electrons. The number of nitrogens with zero attached hydrogens (tertiary/aromatic N) is 2. The summed E-state index contributed by atoms with van der Waals surface area (Å²) in [6.07, 6.45) is 0.0519. The molecule has 37 heavy (non-hydrogen) atoms. The third kappa shape index (κ3) is 4.98. The molecule has 0 aliphatic heterocycles. The fourth-order valence-electron chi connectivity index (χ4n) is 3.82. The molecule has 4 N–H and O–H groups in total. The Kier molecular flexibility index (Phi) is 6.05. The van der Waals surface area contributed by atoms with Crippen LogP contribution in [0.2, 0.25) is 0 Å². The average molecular weight is 496 g/mol. The number of H-pyrrole nitrogens is 2. The van der Waals surface area contributed by atoms with Gasteiger partial charge in [-0.15, -0.1) is 0 Å². The van der Waals surface area contributed by atoms with Crippen LogP contribution in [0.1, 0.15) is 21.6 Å². The zero-order valence-corrected chi connectivity index (χ0v) is 19.0. The van der Waals surface area contributed by atoms with E-state index in [-0.39, 0.29) is 29.7 Å². The van der Waals surface area contributed by atoms with Gasteiger partial charge in [-0.05, 0) is 48.0 Å². The summed E-state index contributed by atoms with van der Waals surface area (Å²) in [6, 6.07) is 19.0. The first-order valence-electron chi connectivity index (χ1n) is 11.0. The summed E-state index contributed by atoms with van der Waals surface area (Å²) in [5.41, 5.74) is 2.76. The molecule has 5 aromatic rings. The van der Waals surface area contributed by atoms with Crippen molar-refractivity contribution in [1.29, 1.82) is 5.26 Å². The van der Waals surface area contributed by atoms with Gasteiger partial charge in [0.1, 0.15) is 11.5 Å². The van der Waals surface area contributed by atoms with Gasteiger partial charge in [-0.2, -0.15) is 5.26 Å². The summed E-state index contributed by atoms with van der Waals surface area (Å²) in [5.74, 6) is -1.91. The first-order valence-corrected chi connectivity index (χ1v) is 11.0. The Bertz CT molecular complexity index is 1740. The van der Waals surface area contributed by atoms with Crippen molar-refractivity contribution in [3.63, 3.8) is 0 Å². The van der Waals surface area contributed by atoms with Gasteiger partial charge in [-0.25, -0.2) is 9.18 Å². The third-order valence-electron chi connectivity index (χ3n) is 5.55. The Hall–Kier alpha value is -5.50. The molecule has 2 heterocycles. The second-order valence-corrected chi connectivity index (χ2v) is 8.07. The highest BCUT2D eigenvalue weighted by Gasteiger charge is 2.17. The number of nitriles is 1. The van der Waals surface area contributed by atoms with Gasteiger partial charge in [-0.1, -0.05) is 29.4 Å². The number of fused-ring (bicyclic) bond motifs is 1. The second-order valence-electron chi connectivity index (χ2n) is 8.07. The number of aromatic amines is 2. The van der Waals surface area contributed by atoms with Crippen LogP contribution < -0.4 is 16.4 Å². The van der Waals surface area contributed by atoms with Gasteiger partial charge in [0.15, 0.2) is 5.82 Å². The van der Waals surface area contributed by atoms with Crippen molar-refractivity contribution >= 4 is 34.1 Å². The minimum atomic E-state index is -0.778. The van der Waals surface area contributed by atoms with E-state index in [1.54, 1.807) is 36.4 Å². The van der Waals surface area contributed by atoms with Crippen molar-refractivity contribution in [2.45, 2.75) is 6.42 Å². The molecule has 0 unspecified atom stereocenters. The van der Waals surface area contributed by atoms with Crippen LogP contribution in [-0.2, 0) is 11.2 Å². The molecule has 0 atom stereocenters. The van der Waals surface area contributed by atoms with E-state index in [2.05, 4.69) is 30.3 Å². The molecule has 5 rings (SSSR count). The molecule has 0 saturated heterocycles. The molecule has 0 aliphatic carbocycles. The minimum Gasteiger partial charge on any atom is -0.349 e. The number of carbonyl (C=O) groups is 2. The highest BCUT2D eigenvalue weighted by molar-refractivity contribution is 6.09. The number of rotatable bonds is 6. The van der Waals surface area contributed by atoms with Gasteiger partial charge in [0.05, 0.1) is 34.9 Å². The van der Waals surface area contributed by atoms with Gasteiger partial charge in [0.2, 0.25) is 5.91 Å². The number of anilines is 2. The van der Waals surface area contributed by atoms with Gasteiger partial charge in [0.25, 0.3) is 5.91 Å². The van der Waals surface area contributed by atoms with E-state index in [0.29, 0.717) is 39.0 Å². The zero-order valence-electron chi connectivity index (χ0n) is 19.0. The van der Waals surface area contributed by atoms with E-state index >= 15 is 0 Å². The first kappa shape index (κ1) is 23.3. The van der Waals surface area contributed by atoms with E-state index in [1.807, 2.05) is 6.07 Å². The second kappa shape index (κ2) is 9.63. The number of carbonyl (C=O) groups excluding carboxylic acids is 2. The fourth-order valence-corrected chi connectivity index (χ4v) is 3.82. The van der Waals surface area contributed by atoms with Gasteiger partial charge in [-0.3, -0.25) is 19.1 Å². The molecule has 11 heteroatoms. The van der Waals surface area contributed by atoms with Crippen LogP contribution >= 0.6 is 0 Å². The lowest BCUT2D eigenvalue weighted by Gasteiger charge is -2.09. The predicted octanol–water partition coefficient (Wildman–Crippen LogP) is 3.96. The first-order chi connectivity index (χ1) is 17.9. The largest absolute Gasteiger partial charge is 0.439 e. The predicted molar refractivity (Wildman–Crippen MR) is 132 cm³/mol. The molecule has 10 nitrogen and oxygen atoms in total. The summed E-state index contributed by atoms with van der Waals surface area (Å²) in [7, 11) is 0. The smallest absolute Gasteiger partial charge is 0.349 e. The molecule has 2 aromatic heterocycles. The Morgan fingerprint density at radius 1 is 1.00 bits per heavy atom. The van der Waals surface area contributed by atoms with Gasteiger partial charge >= 0.3 is 5.76 Å². The number of amides is 2. The molecule has 0 radical (unpaired) electrons. The third-order valence-corrected chi connectivity index (χ3v) is 5.55. The molecule has 0 bridgehead atoms. The number of hydrogen-bond donors (Lipinski definition) is 4. The molecule has 2 amide bonds.